The first kappa shape index (κ1) is 13.8. The molecule has 5 heterocycles. The van der Waals surface area contributed by atoms with E-state index in [1.165, 1.54) is 0 Å². The maximum atomic E-state index is 5.87. The lowest BCUT2D eigenvalue weighted by Crippen LogP contribution is -2.48. The van der Waals surface area contributed by atoms with Gasteiger partial charge in [0.05, 0.1) is 17.9 Å². The van der Waals surface area contributed by atoms with E-state index in [0.717, 1.165) is 29.9 Å². The smallest absolute Gasteiger partial charge is 0.224 e. The number of nitrogen functional groups attached to an aromatic ring is 2. The number of pyridine rings is 1. The van der Waals surface area contributed by atoms with Gasteiger partial charge in [0.25, 0.3) is 0 Å². The molecule has 0 aromatic carbocycles. The molecule has 5 rings (SSSR count). The average molecular weight is 334 g/mol. The molecule has 0 radical (unpaired) electrons. The van der Waals surface area contributed by atoms with E-state index in [1.54, 1.807) is 24.9 Å². The van der Waals surface area contributed by atoms with Crippen LogP contribution in [0.4, 0.5) is 17.6 Å². The number of rotatable bonds is 2. The molecule has 25 heavy (non-hydrogen) atoms. The van der Waals surface area contributed by atoms with Crippen molar-refractivity contribution in [2.24, 2.45) is 0 Å². The number of aromatic nitrogens is 7. The highest BCUT2D eigenvalue weighted by atomic mass is 15.3. The van der Waals surface area contributed by atoms with Crippen LogP contribution < -0.4 is 16.4 Å². The summed E-state index contributed by atoms with van der Waals surface area (Å²) in [5.41, 5.74) is 14.4. The Balaban J connectivity index is 1.47. The first-order valence-corrected chi connectivity index (χ1v) is 7.77. The minimum absolute atomic E-state index is 0.147. The van der Waals surface area contributed by atoms with Crippen LogP contribution in [-0.2, 0) is 0 Å². The summed E-state index contributed by atoms with van der Waals surface area (Å²) in [6.07, 6.45) is 6.84. The van der Waals surface area contributed by atoms with Crippen molar-refractivity contribution in [1.29, 1.82) is 0 Å². The fraction of sp³-hybridized carbons (Fsp3) is 0.200. The second-order valence-electron chi connectivity index (χ2n) is 5.91. The maximum Gasteiger partial charge on any atom is 0.224 e. The predicted molar refractivity (Wildman–Crippen MR) is 92.7 cm³/mol. The number of imidazole rings is 1. The first-order valence-electron chi connectivity index (χ1n) is 7.77. The van der Waals surface area contributed by atoms with Gasteiger partial charge in [-0.1, -0.05) is 0 Å². The lowest BCUT2D eigenvalue weighted by atomic mass is 10.1. The van der Waals surface area contributed by atoms with Gasteiger partial charge in [-0.2, -0.15) is 9.97 Å². The number of hydrogen-bond acceptors (Lipinski definition) is 9. The predicted octanol–water partition coefficient (Wildman–Crippen LogP) is 0.390. The van der Waals surface area contributed by atoms with E-state index < -0.39 is 0 Å². The second-order valence-corrected chi connectivity index (χ2v) is 5.91. The summed E-state index contributed by atoms with van der Waals surface area (Å²) < 4.78 is 1.98. The molecular weight excluding hydrogens is 320 g/mol. The van der Waals surface area contributed by atoms with Crippen LogP contribution in [0.3, 0.4) is 0 Å². The summed E-state index contributed by atoms with van der Waals surface area (Å²) in [6.45, 7) is 1.52. The highest BCUT2D eigenvalue weighted by Gasteiger charge is 2.32. The lowest BCUT2D eigenvalue weighted by Gasteiger charge is -2.40. The molecule has 0 saturated carbocycles. The Kier molecular flexibility index (Phi) is 2.75. The second kappa shape index (κ2) is 4.97. The van der Waals surface area contributed by atoms with Gasteiger partial charge >= 0.3 is 0 Å². The molecule has 0 unspecified atom stereocenters. The van der Waals surface area contributed by atoms with Gasteiger partial charge in [-0.25, -0.2) is 15.0 Å². The molecule has 1 aliphatic heterocycles. The van der Waals surface area contributed by atoms with Crippen LogP contribution in [0.5, 0.6) is 0 Å². The Hall–Kier alpha value is -3.56. The summed E-state index contributed by atoms with van der Waals surface area (Å²) in [6, 6.07) is 2.06. The van der Waals surface area contributed by atoms with Crippen LogP contribution in [-0.4, -0.2) is 47.6 Å². The van der Waals surface area contributed by atoms with Crippen LogP contribution in [0.1, 0.15) is 6.04 Å². The van der Waals surface area contributed by atoms with Crippen molar-refractivity contribution >= 4 is 39.8 Å². The summed E-state index contributed by atoms with van der Waals surface area (Å²) in [7, 11) is 0. The molecule has 124 valence electrons. The molecule has 10 heteroatoms. The number of nitrogens with zero attached hydrogens (tertiary/aromatic N) is 8. The van der Waals surface area contributed by atoms with Gasteiger partial charge in [0.2, 0.25) is 5.95 Å². The summed E-state index contributed by atoms with van der Waals surface area (Å²) >= 11 is 0. The van der Waals surface area contributed by atoms with Crippen molar-refractivity contribution in [3.05, 3.63) is 31.0 Å². The summed E-state index contributed by atoms with van der Waals surface area (Å²) in [5.74, 6) is 1.28. The summed E-state index contributed by atoms with van der Waals surface area (Å²) in [5, 5.41) is 0. The van der Waals surface area contributed by atoms with Crippen molar-refractivity contribution in [1.82, 2.24) is 34.5 Å². The molecule has 1 saturated heterocycles. The monoisotopic (exact) mass is 334 g/mol. The van der Waals surface area contributed by atoms with Crippen LogP contribution in [0.25, 0.3) is 22.2 Å². The van der Waals surface area contributed by atoms with Gasteiger partial charge in [-0.05, 0) is 6.07 Å². The van der Waals surface area contributed by atoms with Crippen LogP contribution in [0.2, 0.25) is 0 Å². The van der Waals surface area contributed by atoms with Gasteiger partial charge < -0.3 is 20.9 Å². The van der Waals surface area contributed by atoms with Gasteiger partial charge in [0.15, 0.2) is 17.3 Å². The minimum Gasteiger partial charge on any atom is -0.382 e. The Morgan fingerprint density at radius 2 is 1.76 bits per heavy atom. The Morgan fingerprint density at radius 3 is 2.64 bits per heavy atom. The molecule has 1 fully saturated rings. The van der Waals surface area contributed by atoms with Crippen LogP contribution in [0.15, 0.2) is 31.0 Å². The quantitative estimate of drug-likeness (QED) is 0.533. The van der Waals surface area contributed by atoms with Crippen molar-refractivity contribution in [3.63, 3.8) is 0 Å². The summed E-state index contributed by atoms with van der Waals surface area (Å²) in [4.78, 5) is 27.9. The molecule has 4 aromatic heterocycles. The SMILES string of the molecule is Nc1nc(N)c2ncn(C3CN(c4nccc5nccnc45)C3)c2n1. The molecule has 0 atom stereocenters. The Bertz CT molecular complexity index is 1090. The third-order valence-electron chi connectivity index (χ3n) is 4.39. The Labute approximate surface area is 141 Å². The van der Waals surface area contributed by atoms with E-state index in [2.05, 4.69) is 34.8 Å². The normalized spacial score (nSPS) is 15.0. The van der Waals surface area contributed by atoms with Gasteiger partial charge in [-0.3, -0.25) is 4.98 Å². The van der Waals surface area contributed by atoms with Crippen molar-refractivity contribution < 1.29 is 0 Å². The van der Waals surface area contributed by atoms with Crippen molar-refractivity contribution in [3.8, 4) is 0 Å². The average Bonchev–Trinajstić information content (AvgIpc) is 2.98. The molecular formula is C15H14N10. The Morgan fingerprint density at radius 1 is 0.920 bits per heavy atom. The standard InChI is InChI=1S/C15H14N10/c16-12-11-14(23-15(17)22-12)25(7-21-11)8-5-24(6-8)13-10-9(1-2-20-13)18-3-4-19-10/h1-4,7-8H,5-6H2,(H4,16,17,22,23). The highest BCUT2D eigenvalue weighted by molar-refractivity contribution is 5.86. The van der Waals surface area contributed by atoms with Gasteiger partial charge in [0.1, 0.15) is 11.0 Å². The molecule has 0 amide bonds. The molecule has 0 spiro atoms. The van der Waals surface area contributed by atoms with E-state index in [9.17, 15) is 0 Å². The van der Waals surface area contributed by atoms with Crippen molar-refractivity contribution in [2.75, 3.05) is 29.5 Å². The van der Waals surface area contributed by atoms with E-state index in [0.29, 0.717) is 17.0 Å². The highest BCUT2D eigenvalue weighted by Crippen LogP contribution is 2.32. The largest absolute Gasteiger partial charge is 0.382 e. The molecule has 1 aliphatic rings. The fourth-order valence-electron chi connectivity index (χ4n) is 3.14. The zero-order valence-corrected chi connectivity index (χ0v) is 13.1. The number of hydrogen-bond donors (Lipinski definition) is 2. The third-order valence-corrected chi connectivity index (χ3v) is 4.39. The van der Waals surface area contributed by atoms with E-state index in [-0.39, 0.29) is 12.0 Å². The lowest BCUT2D eigenvalue weighted by molar-refractivity contribution is 0.404. The molecule has 0 aliphatic carbocycles. The fourth-order valence-corrected chi connectivity index (χ4v) is 3.14. The van der Waals surface area contributed by atoms with Crippen LogP contribution in [0, 0.1) is 0 Å². The minimum atomic E-state index is 0.147. The van der Waals surface area contributed by atoms with Gasteiger partial charge in [-0.15, -0.1) is 0 Å². The topological polar surface area (TPSA) is 138 Å². The van der Waals surface area contributed by atoms with E-state index in [4.69, 9.17) is 11.5 Å². The zero-order valence-electron chi connectivity index (χ0n) is 13.1. The van der Waals surface area contributed by atoms with E-state index >= 15 is 0 Å². The van der Waals surface area contributed by atoms with Crippen molar-refractivity contribution in [2.45, 2.75) is 6.04 Å². The van der Waals surface area contributed by atoms with Crippen LogP contribution >= 0.6 is 0 Å². The van der Waals surface area contributed by atoms with Gasteiger partial charge in [0, 0.05) is 31.7 Å². The zero-order chi connectivity index (χ0) is 17.0. The first-order chi connectivity index (χ1) is 12.2. The number of fused-ring (bicyclic) bond motifs is 2. The molecule has 4 aromatic rings. The molecule has 10 nitrogen and oxygen atoms in total. The number of anilines is 3. The maximum absolute atomic E-state index is 5.87. The third kappa shape index (κ3) is 2.04. The molecule has 4 N–H and O–H groups in total. The number of nitrogens with two attached hydrogens (primary N) is 2. The van der Waals surface area contributed by atoms with E-state index in [1.807, 2.05) is 10.6 Å². The molecule has 0 bridgehead atoms.